The van der Waals surface area contributed by atoms with Crippen LogP contribution in [0.15, 0.2) is 64.3 Å². The van der Waals surface area contributed by atoms with E-state index in [9.17, 15) is 8.42 Å². The zero-order valence-corrected chi connectivity index (χ0v) is 16.8. The standard InChI is InChI=1S/C19H20N2O5S2/c1-24-9-10-25-17-5-7-19(8-6-17)28(22,23)21-15-3-2-4-18(11-15)26-12-16-13-27-14-20-16/h2-8,11,13-14,21H,9-10,12H2,1H3. The number of nitrogens with zero attached hydrogens (tertiary/aromatic N) is 1. The molecule has 1 aromatic heterocycles. The van der Waals surface area contributed by atoms with Gasteiger partial charge in [0.1, 0.15) is 24.7 Å². The minimum absolute atomic E-state index is 0.139. The molecule has 9 heteroatoms. The molecule has 28 heavy (non-hydrogen) atoms. The average Bonchev–Trinajstić information content (AvgIpc) is 3.21. The van der Waals surface area contributed by atoms with Crippen LogP contribution >= 0.6 is 11.3 Å². The van der Waals surface area contributed by atoms with Gasteiger partial charge in [-0.3, -0.25) is 4.72 Å². The lowest BCUT2D eigenvalue weighted by Gasteiger charge is -2.11. The molecular weight excluding hydrogens is 400 g/mol. The van der Waals surface area contributed by atoms with Crippen molar-refractivity contribution in [1.82, 2.24) is 4.98 Å². The molecule has 1 heterocycles. The molecule has 0 bridgehead atoms. The number of hydrogen-bond acceptors (Lipinski definition) is 7. The molecule has 0 amide bonds. The topological polar surface area (TPSA) is 86.8 Å². The first-order valence-electron chi connectivity index (χ1n) is 8.41. The van der Waals surface area contributed by atoms with E-state index in [0.29, 0.717) is 37.0 Å². The van der Waals surface area contributed by atoms with Crippen molar-refractivity contribution in [3.63, 3.8) is 0 Å². The third kappa shape index (κ3) is 5.69. The van der Waals surface area contributed by atoms with Crippen LogP contribution in [0.4, 0.5) is 5.69 Å². The molecule has 0 aliphatic rings. The number of methoxy groups -OCH3 is 1. The molecule has 0 fully saturated rings. The summed E-state index contributed by atoms with van der Waals surface area (Å²) in [5, 5.41) is 1.90. The molecule has 148 valence electrons. The van der Waals surface area contributed by atoms with Crippen molar-refractivity contribution in [1.29, 1.82) is 0 Å². The Kier molecular flexibility index (Phi) is 6.85. The van der Waals surface area contributed by atoms with Gasteiger partial charge in [-0.25, -0.2) is 13.4 Å². The Hall–Kier alpha value is -2.62. The highest BCUT2D eigenvalue weighted by Crippen LogP contribution is 2.23. The number of ether oxygens (including phenoxy) is 3. The molecule has 0 radical (unpaired) electrons. The van der Waals surface area contributed by atoms with Gasteiger partial charge in [-0.2, -0.15) is 0 Å². The van der Waals surface area contributed by atoms with Crippen LogP contribution in [-0.4, -0.2) is 33.7 Å². The molecule has 0 saturated heterocycles. The summed E-state index contributed by atoms with van der Waals surface area (Å²) in [4.78, 5) is 4.29. The van der Waals surface area contributed by atoms with E-state index >= 15 is 0 Å². The van der Waals surface area contributed by atoms with Gasteiger partial charge in [-0.05, 0) is 36.4 Å². The highest BCUT2D eigenvalue weighted by atomic mass is 32.2. The Balaban J connectivity index is 1.64. The van der Waals surface area contributed by atoms with Gasteiger partial charge >= 0.3 is 0 Å². The highest BCUT2D eigenvalue weighted by molar-refractivity contribution is 7.92. The van der Waals surface area contributed by atoms with E-state index in [2.05, 4.69) is 9.71 Å². The van der Waals surface area contributed by atoms with Crippen LogP contribution in [-0.2, 0) is 21.4 Å². The molecule has 0 saturated carbocycles. The third-order valence-corrected chi connectivity index (χ3v) is 5.68. The van der Waals surface area contributed by atoms with Crippen molar-refractivity contribution >= 4 is 27.0 Å². The minimum Gasteiger partial charge on any atom is -0.491 e. The predicted octanol–water partition coefficient (Wildman–Crippen LogP) is 3.55. The highest BCUT2D eigenvalue weighted by Gasteiger charge is 2.14. The average molecular weight is 421 g/mol. The zero-order chi connectivity index (χ0) is 19.8. The maximum Gasteiger partial charge on any atom is 0.261 e. The van der Waals surface area contributed by atoms with Crippen LogP contribution < -0.4 is 14.2 Å². The number of hydrogen-bond donors (Lipinski definition) is 1. The molecule has 7 nitrogen and oxygen atoms in total. The van der Waals surface area contributed by atoms with Gasteiger partial charge in [0, 0.05) is 18.6 Å². The third-order valence-electron chi connectivity index (χ3n) is 3.65. The quantitative estimate of drug-likeness (QED) is 0.505. The van der Waals surface area contributed by atoms with Crippen molar-refractivity contribution in [3.05, 3.63) is 65.1 Å². The number of thiazole rings is 1. The van der Waals surface area contributed by atoms with Crippen molar-refractivity contribution in [2.75, 3.05) is 25.0 Å². The van der Waals surface area contributed by atoms with Gasteiger partial charge in [0.05, 0.1) is 28.4 Å². The number of nitrogens with one attached hydrogen (secondary N) is 1. The monoisotopic (exact) mass is 420 g/mol. The first kappa shape index (κ1) is 20.1. The molecule has 3 rings (SSSR count). The molecule has 0 spiro atoms. The van der Waals surface area contributed by atoms with E-state index in [4.69, 9.17) is 14.2 Å². The molecule has 0 atom stereocenters. The summed E-state index contributed by atoms with van der Waals surface area (Å²) in [5.41, 5.74) is 2.97. The number of benzene rings is 2. The molecule has 0 aliphatic heterocycles. The molecule has 3 aromatic rings. The van der Waals surface area contributed by atoms with Gasteiger partial charge in [0.2, 0.25) is 0 Å². The van der Waals surface area contributed by atoms with Crippen LogP contribution in [0.1, 0.15) is 5.69 Å². The first-order valence-corrected chi connectivity index (χ1v) is 10.8. The largest absolute Gasteiger partial charge is 0.491 e. The maximum absolute atomic E-state index is 12.6. The summed E-state index contributed by atoms with van der Waals surface area (Å²) in [6, 6.07) is 13.0. The summed E-state index contributed by atoms with van der Waals surface area (Å²) in [6.07, 6.45) is 0. The molecular formula is C19H20N2O5S2. The van der Waals surface area contributed by atoms with E-state index in [-0.39, 0.29) is 4.90 Å². The summed E-state index contributed by atoms with van der Waals surface area (Å²) >= 11 is 1.49. The second kappa shape index (κ2) is 9.54. The van der Waals surface area contributed by atoms with E-state index in [1.165, 1.54) is 23.5 Å². The van der Waals surface area contributed by atoms with E-state index in [1.54, 1.807) is 49.0 Å². The first-order chi connectivity index (χ1) is 13.6. The van der Waals surface area contributed by atoms with Gasteiger partial charge in [0.25, 0.3) is 10.0 Å². The lowest BCUT2D eigenvalue weighted by atomic mass is 10.3. The Morgan fingerprint density at radius 2 is 1.86 bits per heavy atom. The second-order valence-corrected chi connectivity index (χ2v) is 8.12. The summed E-state index contributed by atoms with van der Waals surface area (Å²) in [7, 11) is -2.14. The van der Waals surface area contributed by atoms with Gasteiger partial charge in [-0.1, -0.05) is 6.07 Å². The summed E-state index contributed by atoms with van der Waals surface area (Å²) in [5.74, 6) is 1.13. The van der Waals surface area contributed by atoms with Crippen molar-refractivity contribution in [2.24, 2.45) is 0 Å². The Labute approximate surface area is 168 Å². The van der Waals surface area contributed by atoms with E-state index < -0.39 is 10.0 Å². The number of rotatable bonds is 10. The van der Waals surface area contributed by atoms with Crippen LogP contribution in [0.5, 0.6) is 11.5 Å². The normalized spacial score (nSPS) is 11.2. The Morgan fingerprint density at radius 3 is 2.57 bits per heavy atom. The van der Waals surface area contributed by atoms with Crippen LogP contribution in [0, 0.1) is 0 Å². The molecule has 2 aromatic carbocycles. The van der Waals surface area contributed by atoms with Gasteiger partial charge < -0.3 is 14.2 Å². The number of aromatic nitrogens is 1. The fraction of sp³-hybridized carbons (Fsp3) is 0.211. The van der Waals surface area contributed by atoms with Gasteiger partial charge in [0.15, 0.2) is 0 Å². The lowest BCUT2D eigenvalue weighted by molar-refractivity contribution is 0.146. The summed E-state index contributed by atoms with van der Waals surface area (Å²) < 4.78 is 43.8. The number of anilines is 1. The SMILES string of the molecule is COCCOc1ccc(S(=O)(=O)Nc2cccc(OCc3cscn3)c2)cc1. The van der Waals surface area contributed by atoms with Crippen LogP contribution in [0.2, 0.25) is 0 Å². The molecule has 0 unspecified atom stereocenters. The van der Waals surface area contributed by atoms with E-state index in [1.807, 2.05) is 5.38 Å². The Bertz CT molecular complexity index is 974. The molecule has 0 aliphatic carbocycles. The van der Waals surface area contributed by atoms with Crippen molar-refractivity contribution in [2.45, 2.75) is 11.5 Å². The number of sulfonamides is 1. The Morgan fingerprint density at radius 1 is 1.04 bits per heavy atom. The van der Waals surface area contributed by atoms with Crippen molar-refractivity contribution < 1.29 is 22.6 Å². The van der Waals surface area contributed by atoms with Crippen LogP contribution in [0.25, 0.3) is 0 Å². The molecule has 1 N–H and O–H groups in total. The fourth-order valence-electron chi connectivity index (χ4n) is 2.29. The summed E-state index contributed by atoms with van der Waals surface area (Å²) in [6.45, 7) is 1.18. The smallest absolute Gasteiger partial charge is 0.261 e. The second-order valence-electron chi connectivity index (χ2n) is 5.71. The lowest BCUT2D eigenvalue weighted by Crippen LogP contribution is -2.13. The fourth-order valence-corrected chi connectivity index (χ4v) is 3.88. The minimum atomic E-state index is -3.73. The van der Waals surface area contributed by atoms with Crippen molar-refractivity contribution in [3.8, 4) is 11.5 Å². The predicted molar refractivity (Wildman–Crippen MR) is 108 cm³/mol. The van der Waals surface area contributed by atoms with Gasteiger partial charge in [-0.15, -0.1) is 11.3 Å². The maximum atomic E-state index is 12.6. The van der Waals surface area contributed by atoms with E-state index in [0.717, 1.165) is 5.69 Å². The zero-order valence-electron chi connectivity index (χ0n) is 15.2. The van der Waals surface area contributed by atoms with Crippen LogP contribution in [0.3, 0.4) is 0 Å².